The van der Waals surface area contributed by atoms with Crippen molar-refractivity contribution in [1.82, 2.24) is 0 Å². The quantitative estimate of drug-likeness (QED) is 0.465. The Kier molecular flexibility index (Phi) is 6.95. The second-order valence-corrected chi connectivity index (χ2v) is 6.31. The third kappa shape index (κ3) is 6.49. The molecule has 0 saturated carbocycles. The average molecular weight is 118 g/mol. The second kappa shape index (κ2) is 4.65. The molecular weight excluding hydrogens is 103 g/mol. The van der Waals surface area contributed by atoms with E-state index in [0.717, 1.165) is 4.78 Å². The molecule has 2 heteroatoms. The average Bonchev–Trinajstić information content (AvgIpc) is 1.36. The second-order valence-electron chi connectivity index (χ2n) is 2.49. The van der Waals surface area contributed by atoms with Crippen LogP contribution in [0.4, 0.5) is 0 Å². The lowest BCUT2D eigenvalue weighted by atomic mass is 10.6. The third-order valence-corrected chi connectivity index (χ3v) is 4.00. The lowest BCUT2D eigenvalue weighted by Gasteiger charge is -1.98. The summed E-state index contributed by atoms with van der Waals surface area (Å²) >= 11 is -0.244. The molecule has 0 saturated heterocycles. The molecule has 0 aliphatic carbocycles. The molecule has 0 heterocycles. The standard InChI is InChI=1S/C3H7.2CH3.Al.H2O/c1-3-2;;;;/h3H,1-2H3;2*1H3;;1H2. The summed E-state index contributed by atoms with van der Waals surface area (Å²) in [6.45, 7) is 4.60. The molecule has 7 heavy (non-hydrogen) atoms. The first-order valence-electron chi connectivity index (χ1n) is 2.64. The lowest BCUT2D eigenvalue weighted by Crippen LogP contribution is -2.03. The zero-order chi connectivity index (χ0) is 5.15. The van der Waals surface area contributed by atoms with Crippen LogP contribution in [0.1, 0.15) is 13.8 Å². The molecule has 0 bridgehead atoms. The molecule has 0 aromatic carbocycles. The van der Waals surface area contributed by atoms with Gasteiger partial charge in [-0.25, -0.2) is 0 Å². The predicted molar refractivity (Wildman–Crippen MR) is 36.2 cm³/mol. The van der Waals surface area contributed by atoms with Crippen LogP contribution >= 0.6 is 0 Å². The van der Waals surface area contributed by atoms with Gasteiger partial charge < -0.3 is 5.48 Å². The van der Waals surface area contributed by atoms with Gasteiger partial charge in [0, 0.05) is 0 Å². The summed E-state index contributed by atoms with van der Waals surface area (Å²) in [6.07, 6.45) is 0. The molecule has 44 valence electrons. The van der Waals surface area contributed by atoms with E-state index in [-0.39, 0.29) is 19.6 Å². The Morgan fingerprint density at radius 2 is 1.29 bits per heavy atom. The summed E-state index contributed by atoms with van der Waals surface area (Å²) in [6, 6.07) is 0. The summed E-state index contributed by atoms with van der Waals surface area (Å²) in [7, 11) is 0. The molecular formula is C5H15AlO. The Balaban J connectivity index is 0. The zero-order valence-corrected chi connectivity index (χ0v) is 6.81. The summed E-state index contributed by atoms with van der Waals surface area (Å²) in [5.41, 5.74) is 0. The van der Waals surface area contributed by atoms with Crippen molar-refractivity contribution in [2.75, 3.05) is 0 Å². The van der Waals surface area contributed by atoms with E-state index in [1.165, 1.54) is 0 Å². The van der Waals surface area contributed by atoms with Gasteiger partial charge in [0.15, 0.2) is 0 Å². The number of hydrogen-bond acceptors (Lipinski definition) is 0. The van der Waals surface area contributed by atoms with Crippen molar-refractivity contribution >= 4 is 14.1 Å². The van der Waals surface area contributed by atoms with Crippen LogP contribution in [0.2, 0.25) is 16.4 Å². The minimum Gasteiger partial charge on any atom is -0.412 e. The maximum Gasteiger partial charge on any atom is 0.258 e. The van der Waals surface area contributed by atoms with Crippen LogP contribution in [-0.2, 0) is 0 Å². The molecule has 0 fully saturated rings. The van der Waals surface area contributed by atoms with E-state index in [2.05, 4.69) is 25.4 Å². The van der Waals surface area contributed by atoms with Gasteiger partial charge in [0.2, 0.25) is 0 Å². The van der Waals surface area contributed by atoms with Crippen LogP contribution in [0, 0.1) is 0 Å². The number of rotatable bonds is 1. The first-order valence-corrected chi connectivity index (χ1v) is 5.62. The monoisotopic (exact) mass is 118 g/mol. The highest BCUT2D eigenvalue weighted by Crippen LogP contribution is 2.04. The first kappa shape index (κ1) is 10.5. The molecule has 0 aliphatic rings. The van der Waals surface area contributed by atoms with Gasteiger partial charge in [-0.05, 0) is 0 Å². The molecule has 0 rings (SSSR count). The molecule has 2 N–H and O–H groups in total. The summed E-state index contributed by atoms with van der Waals surface area (Å²) in [4.78, 5) is 0. The Labute approximate surface area is 50.4 Å². The largest absolute Gasteiger partial charge is 0.412 e. The minimum atomic E-state index is -0.244. The van der Waals surface area contributed by atoms with E-state index >= 15 is 0 Å². The molecule has 0 aliphatic heterocycles. The van der Waals surface area contributed by atoms with Crippen LogP contribution in [0.25, 0.3) is 0 Å². The van der Waals surface area contributed by atoms with E-state index in [9.17, 15) is 0 Å². The van der Waals surface area contributed by atoms with Gasteiger partial charge in [-0.1, -0.05) is 18.6 Å². The fraction of sp³-hybridized carbons (Fsp3) is 1.00. The molecule has 0 radical (unpaired) electrons. The van der Waals surface area contributed by atoms with Crippen molar-refractivity contribution in [3.8, 4) is 0 Å². The van der Waals surface area contributed by atoms with Crippen molar-refractivity contribution < 1.29 is 5.48 Å². The van der Waals surface area contributed by atoms with Gasteiger partial charge in [0.1, 0.15) is 0 Å². The van der Waals surface area contributed by atoms with E-state index in [1.54, 1.807) is 0 Å². The van der Waals surface area contributed by atoms with Gasteiger partial charge in [0.05, 0.1) is 0 Å². The highest BCUT2D eigenvalue weighted by atomic mass is 27.2. The van der Waals surface area contributed by atoms with Crippen LogP contribution < -0.4 is 0 Å². The van der Waals surface area contributed by atoms with E-state index in [1.807, 2.05) is 0 Å². The van der Waals surface area contributed by atoms with Crippen molar-refractivity contribution in [3.05, 3.63) is 0 Å². The minimum absolute atomic E-state index is 0. The normalized spacial score (nSPS) is 8.14. The zero-order valence-electron chi connectivity index (χ0n) is 5.65. The Morgan fingerprint density at radius 3 is 1.29 bits per heavy atom. The van der Waals surface area contributed by atoms with Crippen molar-refractivity contribution in [2.24, 2.45) is 0 Å². The third-order valence-electron chi connectivity index (χ3n) is 1.33. The van der Waals surface area contributed by atoms with Gasteiger partial charge in [-0.2, -0.15) is 0 Å². The highest BCUT2D eigenvalue weighted by Gasteiger charge is 2.04. The van der Waals surface area contributed by atoms with Crippen molar-refractivity contribution in [1.29, 1.82) is 0 Å². The maximum absolute atomic E-state index is 2.38. The van der Waals surface area contributed by atoms with Gasteiger partial charge in [0.25, 0.3) is 14.1 Å². The van der Waals surface area contributed by atoms with Crippen LogP contribution in [-0.4, -0.2) is 19.6 Å². The van der Waals surface area contributed by atoms with E-state index in [4.69, 9.17) is 0 Å². The van der Waals surface area contributed by atoms with Gasteiger partial charge in [-0.15, -0.1) is 11.6 Å². The molecule has 0 aromatic heterocycles. The van der Waals surface area contributed by atoms with Crippen molar-refractivity contribution in [3.63, 3.8) is 0 Å². The van der Waals surface area contributed by atoms with E-state index in [0.29, 0.717) is 0 Å². The van der Waals surface area contributed by atoms with Crippen LogP contribution in [0.15, 0.2) is 0 Å². The molecule has 0 spiro atoms. The first-order chi connectivity index (χ1) is 2.64. The number of hydrogen-bond donors (Lipinski definition) is 0. The van der Waals surface area contributed by atoms with Crippen molar-refractivity contribution in [2.45, 2.75) is 30.2 Å². The predicted octanol–water partition coefficient (Wildman–Crippen LogP) is 1.33. The topological polar surface area (TPSA) is 31.5 Å². The smallest absolute Gasteiger partial charge is 0.258 e. The highest BCUT2D eigenvalue weighted by molar-refractivity contribution is 6.57. The SMILES string of the molecule is C[CH](C)[Al]([CH3])[CH3].O. The van der Waals surface area contributed by atoms with Crippen LogP contribution in [0.3, 0.4) is 0 Å². The molecule has 0 amide bonds. The molecule has 0 unspecified atom stereocenters. The van der Waals surface area contributed by atoms with Gasteiger partial charge in [-0.3, -0.25) is 0 Å². The van der Waals surface area contributed by atoms with Crippen LogP contribution in [0.5, 0.6) is 0 Å². The molecule has 0 atom stereocenters. The fourth-order valence-corrected chi connectivity index (χ4v) is 0. The maximum atomic E-state index is 2.38. The van der Waals surface area contributed by atoms with Gasteiger partial charge >= 0.3 is 0 Å². The summed E-state index contributed by atoms with van der Waals surface area (Å²) in [5.74, 6) is 4.76. The summed E-state index contributed by atoms with van der Waals surface area (Å²) in [5, 5.41) is 0. The molecule has 0 aromatic rings. The summed E-state index contributed by atoms with van der Waals surface area (Å²) < 4.78 is 0.991. The fourth-order valence-electron chi connectivity index (χ4n) is 0. The Hall–Kier alpha value is 0.492. The lowest BCUT2D eigenvalue weighted by molar-refractivity contribution is 0.824. The molecule has 1 nitrogen and oxygen atoms in total. The Morgan fingerprint density at radius 1 is 1.14 bits per heavy atom. The van der Waals surface area contributed by atoms with E-state index < -0.39 is 0 Å². The Bertz CT molecular complexity index is 29.1.